The van der Waals surface area contributed by atoms with E-state index in [2.05, 4.69) is 22.5 Å². The van der Waals surface area contributed by atoms with E-state index in [1.165, 1.54) is 9.78 Å². The van der Waals surface area contributed by atoms with Gasteiger partial charge in [0.1, 0.15) is 5.54 Å². The molecule has 1 saturated heterocycles. The number of rotatable bonds is 5. The first-order valence-corrected chi connectivity index (χ1v) is 9.50. The molecule has 2 aliphatic rings. The van der Waals surface area contributed by atoms with Crippen molar-refractivity contribution >= 4 is 34.3 Å². The van der Waals surface area contributed by atoms with Crippen LogP contribution in [0.5, 0.6) is 0 Å². The Hall–Kier alpha value is -1.96. The second kappa shape index (κ2) is 6.74. The molecule has 136 valence electrons. The second-order valence-corrected chi connectivity index (χ2v) is 8.48. The van der Waals surface area contributed by atoms with Gasteiger partial charge in [0, 0.05) is 17.8 Å². The Morgan fingerprint density at radius 2 is 2.20 bits per heavy atom. The van der Waals surface area contributed by atoms with E-state index in [1.807, 2.05) is 0 Å². The summed E-state index contributed by atoms with van der Waals surface area (Å²) in [4.78, 5) is 42.9. The summed E-state index contributed by atoms with van der Waals surface area (Å²) in [5, 5.41) is 6.13. The van der Waals surface area contributed by atoms with Gasteiger partial charge in [0.2, 0.25) is 5.91 Å². The number of aryl methyl sites for hydroxylation is 1. The molecule has 0 unspecified atom stereocenters. The molecule has 1 aliphatic carbocycles. The number of anilines is 1. The largest absolute Gasteiger partial charge is 0.325 e. The Bertz CT molecular complexity index is 713. The molecule has 1 fully saturated rings. The van der Waals surface area contributed by atoms with Gasteiger partial charge in [-0.2, -0.15) is 0 Å². The van der Waals surface area contributed by atoms with Gasteiger partial charge in [-0.15, -0.1) is 11.3 Å². The third kappa shape index (κ3) is 3.84. The number of fused-ring (bicyclic) bond motifs is 1. The van der Waals surface area contributed by atoms with Crippen molar-refractivity contribution in [3.8, 4) is 0 Å². The van der Waals surface area contributed by atoms with Gasteiger partial charge in [-0.1, -0.05) is 6.92 Å². The van der Waals surface area contributed by atoms with Crippen LogP contribution in [0.3, 0.4) is 0 Å². The molecule has 8 heteroatoms. The zero-order valence-corrected chi connectivity index (χ0v) is 15.7. The van der Waals surface area contributed by atoms with E-state index in [0.717, 1.165) is 25.0 Å². The molecule has 1 aromatic heterocycles. The van der Waals surface area contributed by atoms with Gasteiger partial charge in [0.25, 0.3) is 5.91 Å². The van der Waals surface area contributed by atoms with E-state index < -0.39 is 11.6 Å². The monoisotopic (exact) mass is 364 g/mol. The SMILES string of the molecule is C[C@@H]1CCc2nc(NC(=O)CCCN3C(=O)NC(C)(C)C3=O)sc2C1. The van der Waals surface area contributed by atoms with Crippen LogP contribution < -0.4 is 10.6 Å². The van der Waals surface area contributed by atoms with Gasteiger partial charge < -0.3 is 10.6 Å². The minimum Gasteiger partial charge on any atom is -0.324 e. The molecule has 0 spiro atoms. The molecular weight excluding hydrogens is 340 g/mol. The van der Waals surface area contributed by atoms with E-state index in [9.17, 15) is 14.4 Å². The normalized spacial score (nSPS) is 21.9. The van der Waals surface area contributed by atoms with Gasteiger partial charge in [-0.3, -0.25) is 14.5 Å². The van der Waals surface area contributed by atoms with Crippen LogP contribution in [0, 0.1) is 5.92 Å². The Labute approximate surface area is 151 Å². The van der Waals surface area contributed by atoms with E-state index in [-0.39, 0.29) is 24.8 Å². The second-order valence-electron chi connectivity index (χ2n) is 7.40. The number of carbonyl (C=O) groups excluding carboxylic acids is 3. The predicted octanol–water partition coefficient (Wildman–Crippen LogP) is 2.32. The van der Waals surface area contributed by atoms with Crippen LogP contribution >= 0.6 is 11.3 Å². The van der Waals surface area contributed by atoms with Gasteiger partial charge in [-0.25, -0.2) is 9.78 Å². The summed E-state index contributed by atoms with van der Waals surface area (Å²) in [7, 11) is 0. The smallest absolute Gasteiger partial charge is 0.324 e. The van der Waals surface area contributed by atoms with E-state index in [4.69, 9.17) is 0 Å². The van der Waals surface area contributed by atoms with Crippen molar-refractivity contribution in [3.05, 3.63) is 10.6 Å². The fourth-order valence-corrected chi connectivity index (χ4v) is 4.38. The molecule has 2 heterocycles. The maximum atomic E-state index is 12.1. The van der Waals surface area contributed by atoms with Crippen molar-refractivity contribution < 1.29 is 14.4 Å². The molecular formula is C17H24N4O3S. The van der Waals surface area contributed by atoms with Crippen LogP contribution in [-0.4, -0.2) is 39.8 Å². The number of hydrogen-bond acceptors (Lipinski definition) is 5. The summed E-state index contributed by atoms with van der Waals surface area (Å²) >= 11 is 1.56. The van der Waals surface area contributed by atoms with Crippen LogP contribution in [0.1, 0.15) is 50.6 Å². The summed E-state index contributed by atoms with van der Waals surface area (Å²) in [6.07, 6.45) is 3.84. The zero-order valence-electron chi connectivity index (χ0n) is 14.8. The number of aromatic nitrogens is 1. The number of nitrogens with zero attached hydrogens (tertiary/aromatic N) is 2. The third-order valence-corrected chi connectivity index (χ3v) is 5.70. The Balaban J connectivity index is 1.48. The number of amides is 4. The molecule has 1 atom stereocenters. The first-order chi connectivity index (χ1) is 11.8. The standard InChI is InChI=1S/C17H24N4O3S/c1-10-6-7-11-12(9-10)25-15(18-11)19-13(22)5-4-8-21-14(23)17(2,3)20-16(21)24/h10H,4-9H2,1-3H3,(H,20,24)(H,18,19,22)/t10-/m1/s1. The molecule has 7 nitrogen and oxygen atoms in total. The van der Waals surface area contributed by atoms with Gasteiger partial charge >= 0.3 is 6.03 Å². The van der Waals surface area contributed by atoms with Crippen LogP contribution in [0.25, 0.3) is 0 Å². The van der Waals surface area contributed by atoms with Crippen LogP contribution in [0.15, 0.2) is 0 Å². The first kappa shape index (κ1) is 17.8. The van der Waals surface area contributed by atoms with Crippen LogP contribution in [0.2, 0.25) is 0 Å². The van der Waals surface area contributed by atoms with Crippen molar-refractivity contribution in [1.29, 1.82) is 0 Å². The van der Waals surface area contributed by atoms with Gasteiger partial charge in [0.05, 0.1) is 5.69 Å². The first-order valence-electron chi connectivity index (χ1n) is 8.69. The molecule has 0 aromatic carbocycles. The number of hydrogen-bond donors (Lipinski definition) is 2. The number of nitrogens with one attached hydrogen (secondary N) is 2. The molecule has 1 aromatic rings. The minimum absolute atomic E-state index is 0.134. The van der Waals surface area contributed by atoms with Crippen LogP contribution in [0.4, 0.5) is 9.93 Å². The van der Waals surface area contributed by atoms with E-state index in [0.29, 0.717) is 17.5 Å². The Morgan fingerprint density at radius 1 is 1.44 bits per heavy atom. The third-order valence-electron chi connectivity index (χ3n) is 4.66. The minimum atomic E-state index is -0.865. The molecule has 4 amide bonds. The van der Waals surface area contributed by atoms with Crippen molar-refractivity contribution in [3.63, 3.8) is 0 Å². The highest BCUT2D eigenvalue weighted by Crippen LogP contribution is 2.32. The van der Waals surface area contributed by atoms with Crippen molar-refractivity contribution in [2.24, 2.45) is 5.92 Å². The van der Waals surface area contributed by atoms with Crippen molar-refractivity contribution in [2.75, 3.05) is 11.9 Å². The van der Waals surface area contributed by atoms with E-state index in [1.54, 1.807) is 25.2 Å². The lowest BCUT2D eigenvalue weighted by Crippen LogP contribution is -2.40. The lowest BCUT2D eigenvalue weighted by Gasteiger charge is -2.15. The predicted molar refractivity (Wildman–Crippen MR) is 95.5 cm³/mol. The lowest BCUT2D eigenvalue weighted by molar-refractivity contribution is -0.130. The van der Waals surface area contributed by atoms with E-state index >= 15 is 0 Å². The molecule has 25 heavy (non-hydrogen) atoms. The number of imide groups is 1. The van der Waals surface area contributed by atoms with Crippen molar-refractivity contribution in [2.45, 2.75) is 58.4 Å². The summed E-state index contributed by atoms with van der Waals surface area (Å²) < 4.78 is 0. The highest BCUT2D eigenvalue weighted by molar-refractivity contribution is 7.15. The topological polar surface area (TPSA) is 91.4 Å². The zero-order chi connectivity index (χ0) is 18.2. The van der Waals surface area contributed by atoms with Gasteiger partial charge in [0.15, 0.2) is 5.13 Å². The quantitative estimate of drug-likeness (QED) is 0.785. The highest BCUT2D eigenvalue weighted by atomic mass is 32.1. The molecule has 0 bridgehead atoms. The maximum Gasteiger partial charge on any atom is 0.325 e. The average molecular weight is 364 g/mol. The summed E-state index contributed by atoms with van der Waals surface area (Å²) in [6, 6.07) is -0.392. The summed E-state index contributed by atoms with van der Waals surface area (Å²) in [6.45, 7) is 5.82. The molecule has 3 rings (SSSR count). The fraction of sp³-hybridized carbons (Fsp3) is 0.647. The molecule has 0 saturated carbocycles. The van der Waals surface area contributed by atoms with Crippen molar-refractivity contribution in [1.82, 2.24) is 15.2 Å². The summed E-state index contributed by atoms with van der Waals surface area (Å²) in [5.41, 5.74) is 0.246. The molecule has 0 radical (unpaired) electrons. The molecule has 2 N–H and O–H groups in total. The average Bonchev–Trinajstić information content (AvgIpc) is 2.99. The Morgan fingerprint density at radius 3 is 2.88 bits per heavy atom. The highest BCUT2D eigenvalue weighted by Gasteiger charge is 2.43. The number of carbonyl (C=O) groups is 3. The number of thiazole rings is 1. The lowest BCUT2D eigenvalue weighted by atomic mass is 9.93. The number of urea groups is 1. The summed E-state index contributed by atoms with van der Waals surface area (Å²) in [5.74, 6) is 0.287. The fourth-order valence-electron chi connectivity index (χ4n) is 3.19. The van der Waals surface area contributed by atoms with Gasteiger partial charge in [-0.05, 0) is 45.4 Å². The maximum absolute atomic E-state index is 12.1. The van der Waals surface area contributed by atoms with Crippen LogP contribution in [-0.2, 0) is 22.4 Å². The Kier molecular flexibility index (Phi) is 4.81. The molecule has 1 aliphatic heterocycles.